The highest BCUT2D eigenvalue weighted by atomic mass is 32.1. The van der Waals surface area contributed by atoms with Gasteiger partial charge in [0.05, 0.1) is 35.8 Å². The molecule has 0 aliphatic heterocycles. The normalized spacial score (nSPS) is 12.1. The predicted octanol–water partition coefficient (Wildman–Crippen LogP) is 3.70. The Morgan fingerprint density at radius 3 is 2.67 bits per heavy atom. The number of esters is 1. The van der Waals surface area contributed by atoms with Gasteiger partial charge < -0.3 is 9.47 Å². The number of aromatic nitrogens is 1. The van der Waals surface area contributed by atoms with Crippen LogP contribution in [0.25, 0.3) is 10.2 Å². The van der Waals surface area contributed by atoms with Crippen LogP contribution in [-0.2, 0) is 14.3 Å². The minimum Gasteiger partial charge on any atom is -0.487 e. The van der Waals surface area contributed by atoms with Crippen LogP contribution in [0.2, 0.25) is 0 Å². The van der Waals surface area contributed by atoms with Crippen molar-refractivity contribution in [2.24, 2.45) is 0 Å². The second-order valence-electron chi connectivity index (χ2n) is 4.33. The van der Waals surface area contributed by atoms with E-state index in [-0.39, 0.29) is 18.3 Å². The largest absolute Gasteiger partial charge is 0.487 e. The van der Waals surface area contributed by atoms with E-state index >= 15 is 0 Å². The summed E-state index contributed by atoms with van der Waals surface area (Å²) in [6.07, 6.45) is 0.159. The second-order valence-corrected chi connectivity index (χ2v) is 5.80. The van der Waals surface area contributed by atoms with E-state index in [9.17, 15) is 4.79 Å². The summed E-state index contributed by atoms with van der Waals surface area (Å²) in [6.45, 7) is 4.48. The molecule has 4 nitrogen and oxygen atoms in total. The number of fused-ring (bicyclic) bond motifs is 1. The van der Waals surface area contributed by atoms with E-state index in [1.165, 1.54) is 11.3 Å². The number of para-hydroxylation sites is 1. The highest BCUT2D eigenvalue weighted by molar-refractivity contribution is 7.80. The fraction of sp³-hybridized carbons (Fsp3) is 0.400. The standard InChI is InChI=1S/C15H17NO3S2/c1-3-18-13(17)9-10(15(20)19-4-2)14-16-11-7-5-6-8-12(11)21-14/h5-8,10H,3-4,9H2,1-2H3. The molecule has 0 radical (unpaired) electrons. The van der Waals surface area contributed by atoms with E-state index in [1.54, 1.807) is 6.92 Å². The molecule has 0 saturated carbocycles. The molecule has 0 aliphatic carbocycles. The minimum absolute atomic E-state index is 0.159. The lowest BCUT2D eigenvalue weighted by Crippen LogP contribution is -2.19. The van der Waals surface area contributed by atoms with Crippen molar-refractivity contribution >= 4 is 44.8 Å². The van der Waals surface area contributed by atoms with Crippen molar-refractivity contribution in [3.63, 3.8) is 0 Å². The first-order valence-corrected chi connectivity index (χ1v) is 8.05. The number of hydrogen-bond acceptors (Lipinski definition) is 6. The molecule has 1 aromatic heterocycles. The summed E-state index contributed by atoms with van der Waals surface area (Å²) >= 11 is 6.83. The molecular weight excluding hydrogens is 306 g/mol. The Hall–Kier alpha value is -1.53. The van der Waals surface area contributed by atoms with Crippen molar-refractivity contribution in [3.05, 3.63) is 29.3 Å². The van der Waals surface area contributed by atoms with Gasteiger partial charge in [0.1, 0.15) is 5.01 Å². The molecule has 2 rings (SSSR count). The topological polar surface area (TPSA) is 48.4 Å². The van der Waals surface area contributed by atoms with Gasteiger partial charge in [0, 0.05) is 0 Å². The van der Waals surface area contributed by atoms with Crippen LogP contribution in [-0.4, -0.2) is 29.2 Å². The number of thiocarbonyl (C=S) groups is 1. The number of rotatable bonds is 6. The second kappa shape index (κ2) is 7.47. The fourth-order valence-corrected chi connectivity index (χ4v) is 3.39. The average molecular weight is 323 g/mol. The monoisotopic (exact) mass is 323 g/mol. The molecule has 1 aromatic carbocycles. The smallest absolute Gasteiger partial charge is 0.306 e. The molecule has 0 aliphatic rings. The summed E-state index contributed by atoms with van der Waals surface area (Å²) in [4.78, 5) is 16.4. The number of hydrogen-bond donors (Lipinski definition) is 0. The first-order valence-electron chi connectivity index (χ1n) is 6.83. The third-order valence-electron chi connectivity index (χ3n) is 2.86. The predicted molar refractivity (Wildman–Crippen MR) is 87.8 cm³/mol. The fourth-order valence-electron chi connectivity index (χ4n) is 1.94. The highest BCUT2D eigenvalue weighted by Crippen LogP contribution is 2.31. The van der Waals surface area contributed by atoms with Crippen LogP contribution in [0.5, 0.6) is 0 Å². The summed E-state index contributed by atoms with van der Waals surface area (Å²) in [5, 5.41) is 1.19. The molecule has 0 N–H and O–H groups in total. The minimum atomic E-state index is -0.337. The summed E-state index contributed by atoms with van der Waals surface area (Å²) in [7, 11) is 0. The molecular formula is C15H17NO3S2. The van der Waals surface area contributed by atoms with Crippen LogP contribution in [0.4, 0.5) is 0 Å². The van der Waals surface area contributed by atoms with E-state index in [1.807, 2.05) is 31.2 Å². The molecule has 112 valence electrons. The quantitative estimate of drug-likeness (QED) is 0.599. The van der Waals surface area contributed by atoms with Gasteiger partial charge in [-0.05, 0) is 38.2 Å². The van der Waals surface area contributed by atoms with E-state index < -0.39 is 0 Å². The summed E-state index contributed by atoms with van der Waals surface area (Å²) < 4.78 is 11.5. The lowest BCUT2D eigenvalue weighted by atomic mass is 10.1. The number of carbonyl (C=O) groups is 1. The van der Waals surface area contributed by atoms with Gasteiger partial charge in [-0.1, -0.05) is 12.1 Å². The molecule has 1 atom stereocenters. The average Bonchev–Trinajstić information content (AvgIpc) is 2.88. The van der Waals surface area contributed by atoms with Crippen molar-refractivity contribution in [2.45, 2.75) is 26.2 Å². The number of thiazole rings is 1. The van der Waals surface area contributed by atoms with Gasteiger partial charge in [0.2, 0.25) is 0 Å². The molecule has 0 saturated heterocycles. The van der Waals surface area contributed by atoms with E-state index in [0.717, 1.165) is 15.2 Å². The number of nitrogens with zero attached hydrogens (tertiary/aromatic N) is 1. The van der Waals surface area contributed by atoms with Crippen LogP contribution in [0.1, 0.15) is 31.2 Å². The van der Waals surface area contributed by atoms with Crippen molar-refractivity contribution in [1.82, 2.24) is 4.98 Å². The Balaban J connectivity index is 2.28. The van der Waals surface area contributed by atoms with Gasteiger partial charge >= 0.3 is 5.97 Å². The third-order valence-corrected chi connectivity index (χ3v) is 4.41. The van der Waals surface area contributed by atoms with Gasteiger partial charge in [-0.25, -0.2) is 4.98 Å². The molecule has 2 aromatic rings. The molecule has 0 spiro atoms. The number of benzene rings is 1. The summed E-state index contributed by atoms with van der Waals surface area (Å²) in [6, 6.07) is 7.85. The summed E-state index contributed by atoms with van der Waals surface area (Å²) in [5.74, 6) is -0.625. The lowest BCUT2D eigenvalue weighted by molar-refractivity contribution is -0.143. The first kappa shape index (κ1) is 15.9. The van der Waals surface area contributed by atoms with Crippen molar-refractivity contribution in [2.75, 3.05) is 13.2 Å². The SMILES string of the molecule is CCOC(=O)CC(C(=S)OCC)c1nc2ccccc2s1. The maximum absolute atomic E-state index is 11.8. The molecule has 0 amide bonds. The summed E-state index contributed by atoms with van der Waals surface area (Å²) in [5.41, 5.74) is 0.908. The van der Waals surface area contributed by atoms with Crippen LogP contribution in [0.15, 0.2) is 24.3 Å². The zero-order valence-electron chi connectivity index (χ0n) is 12.0. The molecule has 0 fully saturated rings. The lowest BCUT2D eigenvalue weighted by Gasteiger charge is -2.15. The van der Waals surface area contributed by atoms with E-state index in [0.29, 0.717) is 18.3 Å². The van der Waals surface area contributed by atoms with Gasteiger partial charge in [0.15, 0.2) is 5.05 Å². The maximum Gasteiger partial charge on any atom is 0.306 e. The van der Waals surface area contributed by atoms with Crippen LogP contribution < -0.4 is 0 Å². The van der Waals surface area contributed by atoms with Crippen molar-refractivity contribution in [3.8, 4) is 0 Å². The molecule has 0 bridgehead atoms. The first-order chi connectivity index (χ1) is 10.2. The Morgan fingerprint density at radius 1 is 1.29 bits per heavy atom. The van der Waals surface area contributed by atoms with Gasteiger partial charge in [-0.2, -0.15) is 0 Å². The van der Waals surface area contributed by atoms with Gasteiger partial charge in [-0.3, -0.25) is 4.79 Å². The Kier molecular flexibility index (Phi) is 5.64. The Morgan fingerprint density at radius 2 is 2.00 bits per heavy atom. The van der Waals surface area contributed by atoms with Crippen molar-refractivity contribution < 1.29 is 14.3 Å². The van der Waals surface area contributed by atoms with E-state index in [4.69, 9.17) is 21.7 Å². The maximum atomic E-state index is 11.8. The molecule has 1 heterocycles. The zero-order valence-corrected chi connectivity index (χ0v) is 13.6. The van der Waals surface area contributed by atoms with Gasteiger partial charge in [-0.15, -0.1) is 11.3 Å². The highest BCUT2D eigenvalue weighted by Gasteiger charge is 2.26. The van der Waals surface area contributed by atoms with Crippen LogP contribution in [0.3, 0.4) is 0 Å². The van der Waals surface area contributed by atoms with E-state index in [2.05, 4.69) is 4.98 Å². The van der Waals surface area contributed by atoms with Crippen molar-refractivity contribution in [1.29, 1.82) is 0 Å². The van der Waals surface area contributed by atoms with Crippen LogP contribution in [0, 0.1) is 0 Å². The number of carbonyl (C=O) groups excluding carboxylic acids is 1. The molecule has 6 heteroatoms. The number of ether oxygens (including phenoxy) is 2. The molecule has 21 heavy (non-hydrogen) atoms. The van der Waals surface area contributed by atoms with Gasteiger partial charge in [0.25, 0.3) is 0 Å². The van der Waals surface area contributed by atoms with Crippen LogP contribution >= 0.6 is 23.6 Å². The zero-order chi connectivity index (χ0) is 15.2. The Labute approximate surface area is 133 Å². The Bertz CT molecular complexity index is 606. The molecule has 1 unspecified atom stereocenters. The third kappa shape index (κ3) is 3.98.